The molecule has 3 rings (SSSR count). The Labute approximate surface area is 163 Å². The van der Waals surface area contributed by atoms with E-state index < -0.39 is 0 Å². The van der Waals surface area contributed by atoms with Crippen molar-refractivity contribution >= 4 is 45.1 Å². The van der Waals surface area contributed by atoms with Crippen LogP contribution in [0.3, 0.4) is 0 Å². The molecule has 0 aliphatic carbocycles. The van der Waals surface area contributed by atoms with Gasteiger partial charge in [-0.3, -0.25) is 9.59 Å². The van der Waals surface area contributed by atoms with Gasteiger partial charge in [0.2, 0.25) is 11.8 Å². The Morgan fingerprint density at radius 1 is 1.26 bits per heavy atom. The van der Waals surface area contributed by atoms with Crippen LogP contribution >= 0.6 is 23.1 Å². The Morgan fingerprint density at radius 3 is 2.70 bits per heavy atom. The van der Waals surface area contributed by atoms with E-state index in [1.54, 1.807) is 19.2 Å². The number of likely N-dealkylation sites (N-methyl/N-ethyl adjacent to an activating group) is 2. The summed E-state index contributed by atoms with van der Waals surface area (Å²) >= 11 is 2.81. The summed E-state index contributed by atoms with van der Waals surface area (Å²) in [5, 5.41) is 3.20. The molecule has 0 fully saturated rings. The maximum Gasteiger partial charge on any atom is 0.239 e. The average Bonchev–Trinajstić information content (AvgIpc) is 3.11. The van der Waals surface area contributed by atoms with Gasteiger partial charge < -0.3 is 10.2 Å². The number of aromatic nitrogens is 2. The molecule has 1 aromatic carbocycles. The molecule has 0 atom stereocenters. The van der Waals surface area contributed by atoms with Gasteiger partial charge in [-0.1, -0.05) is 23.9 Å². The molecule has 27 heavy (non-hydrogen) atoms. The van der Waals surface area contributed by atoms with Crippen molar-refractivity contribution in [1.29, 1.82) is 0 Å². The largest absolute Gasteiger partial charge is 0.358 e. The zero-order chi connectivity index (χ0) is 19.4. The van der Waals surface area contributed by atoms with Crippen LogP contribution in [0.25, 0.3) is 20.7 Å². The number of carbonyl (C=O) groups excluding carboxylic acids is 2. The van der Waals surface area contributed by atoms with Gasteiger partial charge in [0.05, 0.1) is 22.5 Å². The van der Waals surface area contributed by atoms with Crippen LogP contribution in [0.1, 0.15) is 0 Å². The van der Waals surface area contributed by atoms with Gasteiger partial charge in [0.15, 0.2) is 0 Å². The van der Waals surface area contributed by atoms with Crippen molar-refractivity contribution in [3.05, 3.63) is 42.5 Å². The zero-order valence-electron chi connectivity index (χ0n) is 14.7. The normalized spacial score (nSPS) is 10.8. The van der Waals surface area contributed by atoms with Crippen molar-refractivity contribution in [3.8, 4) is 10.4 Å². The first-order valence-electron chi connectivity index (χ1n) is 8.05. The molecule has 140 valence electrons. The lowest BCUT2D eigenvalue weighted by Gasteiger charge is -2.15. The summed E-state index contributed by atoms with van der Waals surface area (Å²) in [5.41, 5.74) is 1.68. The summed E-state index contributed by atoms with van der Waals surface area (Å²) in [5.74, 6) is -0.493. The quantitative estimate of drug-likeness (QED) is 0.505. The predicted octanol–water partition coefficient (Wildman–Crippen LogP) is 2.79. The minimum atomic E-state index is -0.282. The Morgan fingerprint density at radius 2 is 2.00 bits per heavy atom. The van der Waals surface area contributed by atoms with Crippen LogP contribution in [0.5, 0.6) is 0 Å². The summed E-state index contributed by atoms with van der Waals surface area (Å²) in [6.07, 6.45) is 1.46. The first-order chi connectivity index (χ1) is 13.0. The smallest absolute Gasteiger partial charge is 0.239 e. The molecule has 0 unspecified atom stereocenters. The number of thiophene rings is 1. The zero-order valence-corrected chi connectivity index (χ0v) is 16.4. The predicted molar refractivity (Wildman–Crippen MR) is 105 cm³/mol. The van der Waals surface area contributed by atoms with Crippen molar-refractivity contribution < 1.29 is 14.0 Å². The van der Waals surface area contributed by atoms with Gasteiger partial charge in [0, 0.05) is 19.0 Å². The number of carbonyl (C=O) groups is 2. The number of hydrogen-bond acceptors (Lipinski definition) is 6. The first-order valence-corrected chi connectivity index (χ1v) is 9.86. The van der Waals surface area contributed by atoms with E-state index in [1.807, 2.05) is 6.07 Å². The molecule has 0 bridgehead atoms. The number of nitrogens with zero attached hydrogens (tertiary/aromatic N) is 3. The Balaban J connectivity index is 1.76. The molecule has 9 heteroatoms. The standard InChI is InChI=1S/C18H17FN4O2S2/c1-20-15(24)8-23(2)16(25)9-26-18-17-13(21-10-22-18)7-14(27-17)11-3-5-12(19)6-4-11/h3-7,10H,8-9H2,1-2H3,(H,20,24). The van der Waals surface area contributed by atoms with Gasteiger partial charge >= 0.3 is 0 Å². The molecule has 3 aromatic rings. The molecular weight excluding hydrogens is 387 g/mol. The lowest BCUT2D eigenvalue weighted by Crippen LogP contribution is -2.37. The van der Waals surface area contributed by atoms with Crippen LogP contribution < -0.4 is 5.32 Å². The summed E-state index contributed by atoms with van der Waals surface area (Å²) < 4.78 is 14.0. The summed E-state index contributed by atoms with van der Waals surface area (Å²) in [6.45, 7) is 0.0167. The number of amides is 2. The highest BCUT2D eigenvalue weighted by atomic mass is 32.2. The Bertz CT molecular complexity index is 975. The lowest BCUT2D eigenvalue weighted by molar-refractivity contribution is -0.132. The van der Waals surface area contributed by atoms with Gasteiger partial charge in [-0.15, -0.1) is 11.3 Å². The van der Waals surface area contributed by atoms with E-state index in [4.69, 9.17) is 0 Å². The molecule has 2 heterocycles. The molecule has 6 nitrogen and oxygen atoms in total. The SMILES string of the molecule is CNC(=O)CN(C)C(=O)CSc1ncnc2cc(-c3ccc(F)cc3)sc12. The molecule has 0 saturated carbocycles. The maximum atomic E-state index is 13.1. The van der Waals surface area contributed by atoms with Crippen molar-refractivity contribution in [3.63, 3.8) is 0 Å². The van der Waals surface area contributed by atoms with Gasteiger partial charge in [-0.25, -0.2) is 14.4 Å². The molecule has 0 aliphatic heterocycles. The van der Waals surface area contributed by atoms with E-state index in [0.717, 1.165) is 20.7 Å². The van der Waals surface area contributed by atoms with Crippen LogP contribution in [0.2, 0.25) is 0 Å². The molecule has 0 saturated heterocycles. The highest BCUT2D eigenvalue weighted by molar-refractivity contribution is 8.00. The van der Waals surface area contributed by atoms with Crippen molar-refractivity contribution in [2.45, 2.75) is 5.03 Å². The van der Waals surface area contributed by atoms with E-state index in [2.05, 4.69) is 15.3 Å². The van der Waals surface area contributed by atoms with Crippen molar-refractivity contribution in [1.82, 2.24) is 20.2 Å². The summed E-state index contributed by atoms with van der Waals surface area (Å²) in [7, 11) is 3.12. The minimum Gasteiger partial charge on any atom is -0.358 e. The van der Waals surface area contributed by atoms with E-state index >= 15 is 0 Å². The van der Waals surface area contributed by atoms with Crippen LogP contribution in [0, 0.1) is 5.82 Å². The fraction of sp³-hybridized carbons (Fsp3) is 0.222. The molecule has 2 aromatic heterocycles. The maximum absolute atomic E-state index is 13.1. The number of nitrogens with one attached hydrogen (secondary N) is 1. The third-order valence-electron chi connectivity index (χ3n) is 3.82. The van der Waals surface area contributed by atoms with Crippen LogP contribution in [0.15, 0.2) is 41.7 Å². The van der Waals surface area contributed by atoms with E-state index in [9.17, 15) is 14.0 Å². The van der Waals surface area contributed by atoms with Gasteiger partial charge in [-0.2, -0.15) is 0 Å². The fourth-order valence-electron chi connectivity index (χ4n) is 2.31. The topological polar surface area (TPSA) is 75.2 Å². The summed E-state index contributed by atoms with van der Waals surface area (Å²) in [4.78, 5) is 34.5. The third kappa shape index (κ3) is 4.61. The van der Waals surface area contributed by atoms with Gasteiger partial charge in [-0.05, 0) is 23.8 Å². The van der Waals surface area contributed by atoms with Gasteiger partial charge in [0.1, 0.15) is 17.2 Å². The first kappa shape index (κ1) is 19.2. The molecule has 0 aliphatic rings. The van der Waals surface area contributed by atoms with Crippen LogP contribution in [-0.2, 0) is 9.59 Å². The summed E-state index contributed by atoms with van der Waals surface area (Å²) in [6, 6.07) is 8.21. The average molecular weight is 404 g/mol. The highest BCUT2D eigenvalue weighted by Crippen LogP contribution is 2.36. The Kier molecular flexibility index (Phi) is 6.02. The van der Waals surface area contributed by atoms with E-state index in [1.165, 1.54) is 53.5 Å². The lowest BCUT2D eigenvalue weighted by atomic mass is 10.2. The molecule has 0 radical (unpaired) electrons. The Hall–Kier alpha value is -2.52. The monoisotopic (exact) mass is 404 g/mol. The number of thioether (sulfide) groups is 1. The molecule has 0 spiro atoms. The second-order valence-corrected chi connectivity index (χ2v) is 7.74. The number of fused-ring (bicyclic) bond motifs is 1. The highest BCUT2D eigenvalue weighted by Gasteiger charge is 2.15. The number of halogens is 1. The molecular formula is C18H17FN4O2S2. The van der Waals surface area contributed by atoms with Crippen LogP contribution in [-0.4, -0.2) is 53.1 Å². The van der Waals surface area contributed by atoms with E-state index in [-0.39, 0.29) is 29.9 Å². The second-order valence-electron chi connectivity index (χ2n) is 5.72. The number of rotatable bonds is 6. The van der Waals surface area contributed by atoms with Crippen LogP contribution in [0.4, 0.5) is 4.39 Å². The molecule has 1 N–H and O–H groups in total. The van der Waals surface area contributed by atoms with Crippen molar-refractivity contribution in [2.75, 3.05) is 26.4 Å². The second kappa shape index (κ2) is 8.45. The molecule has 2 amide bonds. The van der Waals surface area contributed by atoms with Gasteiger partial charge in [0.25, 0.3) is 0 Å². The van der Waals surface area contributed by atoms with Crippen molar-refractivity contribution in [2.24, 2.45) is 0 Å². The van der Waals surface area contributed by atoms with E-state index in [0.29, 0.717) is 5.03 Å². The third-order valence-corrected chi connectivity index (χ3v) is 6.11. The number of benzene rings is 1. The fourth-order valence-corrected chi connectivity index (χ4v) is 4.46. The minimum absolute atomic E-state index is 0.0167. The number of hydrogen-bond donors (Lipinski definition) is 1.